The van der Waals surface area contributed by atoms with Gasteiger partial charge in [-0.15, -0.1) is 0 Å². The molecule has 0 unspecified atom stereocenters. The molecule has 0 bridgehead atoms. The predicted octanol–water partition coefficient (Wildman–Crippen LogP) is -0.449. The van der Waals surface area contributed by atoms with Crippen LogP contribution in [0.2, 0.25) is 0 Å². The minimum absolute atomic E-state index is 0.144. The highest BCUT2D eigenvalue weighted by Gasteiger charge is 2.11. The van der Waals surface area contributed by atoms with Gasteiger partial charge in [-0.2, -0.15) is 0 Å². The lowest BCUT2D eigenvalue weighted by Gasteiger charge is -2.07. The Hall–Kier alpha value is -1.87. The maximum atomic E-state index is 11.7. The van der Waals surface area contributed by atoms with Gasteiger partial charge in [-0.05, 0) is 51.7 Å². The van der Waals surface area contributed by atoms with E-state index in [9.17, 15) is 9.59 Å². The summed E-state index contributed by atoms with van der Waals surface area (Å²) < 4.78 is 0. The summed E-state index contributed by atoms with van der Waals surface area (Å²) >= 11 is 0. The van der Waals surface area contributed by atoms with E-state index in [4.69, 9.17) is 17.2 Å². The second-order valence-electron chi connectivity index (χ2n) is 6.54. The van der Waals surface area contributed by atoms with Gasteiger partial charge in [0.25, 0.3) is 0 Å². The van der Waals surface area contributed by atoms with Crippen molar-refractivity contribution in [3.8, 4) is 0 Å². The number of rotatable bonds is 17. The summed E-state index contributed by atoms with van der Waals surface area (Å²) in [6.45, 7) is 4.24. The van der Waals surface area contributed by atoms with E-state index in [0.29, 0.717) is 26.2 Å². The van der Waals surface area contributed by atoms with Crippen LogP contribution < -0.4 is 33.2 Å². The van der Waals surface area contributed by atoms with Crippen molar-refractivity contribution in [3.63, 3.8) is 0 Å². The number of carbonyl (C=O) groups excluding carboxylic acids is 2. The molecule has 0 atom stereocenters. The Kier molecular flexibility index (Phi) is 17.6. The molecule has 0 heterocycles. The molecule has 0 rings (SSSR count). The third kappa shape index (κ3) is 18.7. The van der Waals surface area contributed by atoms with Crippen LogP contribution in [-0.4, -0.2) is 57.0 Å². The topological polar surface area (TPSA) is 161 Å². The molecule has 158 valence electrons. The lowest BCUT2D eigenvalue weighted by molar-refractivity contribution is -0.139. The first-order valence-corrected chi connectivity index (χ1v) is 10.1. The Bertz CT molecular complexity index is 413. The van der Waals surface area contributed by atoms with Crippen LogP contribution in [0.15, 0.2) is 4.99 Å². The van der Waals surface area contributed by atoms with Gasteiger partial charge >= 0.3 is 11.8 Å². The molecule has 9 heteroatoms. The van der Waals surface area contributed by atoms with Gasteiger partial charge in [0.2, 0.25) is 0 Å². The number of hydrogen-bond acceptors (Lipinski definition) is 5. The van der Waals surface area contributed by atoms with Crippen LogP contribution in [0.25, 0.3) is 0 Å². The number of nitrogens with two attached hydrogens (primary N) is 3. The second kappa shape index (κ2) is 18.9. The second-order valence-corrected chi connectivity index (χ2v) is 6.54. The molecular formula is C18H39N7O2. The number of aliphatic imine (C=N–C) groups is 1. The smallest absolute Gasteiger partial charge is 0.309 e. The SMILES string of the molecule is NCCCNCCCCNC(=O)C(=O)NCCCCCCCCN=C(N)N. The molecule has 0 aliphatic carbocycles. The van der Waals surface area contributed by atoms with E-state index in [1.807, 2.05) is 0 Å². The number of nitrogens with zero attached hydrogens (tertiary/aromatic N) is 1. The summed E-state index contributed by atoms with van der Waals surface area (Å²) in [4.78, 5) is 27.2. The van der Waals surface area contributed by atoms with Gasteiger partial charge in [-0.3, -0.25) is 14.6 Å². The van der Waals surface area contributed by atoms with Crippen molar-refractivity contribution in [1.29, 1.82) is 0 Å². The quantitative estimate of drug-likeness (QED) is 0.0860. The number of unbranched alkanes of at least 4 members (excludes halogenated alkanes) is 6. The van der Waals surface area contributed by atoms with Gasteiger partial charge in [0.05, 0.1) is 0 Å². The zero-order valence-electron chi connectivity index (χ0n) is 16.6. The van der Waals surface area contributed by atoms with Crippen molar-refractivity contribution in [2.45, 2.75) is 57.8 Å². The van der Waals surface area contributed by atoms with E-state index in [2.05, 4.69) is 20.9 Å². The number of guanidine groups is 1. The molecule has 9 nitrogen and oxygen atoms in total. The van der Waals surface area contributed by atoms with Crippen LogP contribution in [0.5, 0.6) is 0 Å². The zero-order chi connectivity index (χ0) is 20.2. The molecule has 0 aromatic heterocycles. The van der Waals surface area contributed by atoms with Crippen molar-refractivity contribution in [3.05, 3.63) is 0 Å². The summed E-state index contributed by atoms with van der Waals surface area (Å²) in [5, 5.41) is 8.58. The molecule has 0 radical (unpaired) electrons. The molecule has 2 amide bonds. The van der Waals surface area contributed by atoms with Gasteiger partial charge < -0.3 is 33.2 Å². The molecule has 9 N–H and O–H groups in total. The van der Waals surface area contributed by atoms with Crippen molar-refractivity contribution in [1.82, 2.24) is 16.0 Å². The first-order valence-electron chi connectivity index (χ1n) is 10.1. The zero-order valence-corrected chi connectivity index (χ0v) is 16.6. The highest BCUT2D eigenvalue weighted by atomic mass is 16.2. The molecule has 0 aromatic carbocycles. The van der Waals surface area contributed by atoms with Gasteiger partial charge in [0.15, 0.2) is 5.96 Å². The lowest BCUT2D eigenvalue weighted by atomic mass is 10.1. The van der Waals surface area contributed by atoms with Crippen LogP contribution in [0, 0.1) is 0 Å². The van der Waals surface area contributed by atoms with Crippen LogP contribution in [0.1, 0.15) is 57.8 Å². The van der Waals surface area contributed by atoms with E-state index in [0.717, 1.165) is 70.9 Å². The highest BCUT2D eigenvalue weighted by molar-refractivity contribution is 6.35. The monoisotopic (exact) mass is 385 g/mol. The summed E-state index contributed by atoms with van der Waals surface area (Å²) in [7, 11) is 0. The fourth-order valence-electron chi connectivity index (χ4n) is 2.44. The van der Waals surface area contributed by atoms with Gasteiger partial charge in [-0.25, -0.2) is 0 Å². The van der Waals surface area contributed by atoms with E-state index in [-0.39, 0.29) is 5.96 Å². The third-order valence-electron chi connectivity index (χ3n) is 3.99. The maximum Gasteiger partial charge on any atom is 0.309 e. The first-order chi connectivity index (χ1) is 13.1. The summed E-state index contributed by atoms with van der Waals surface area (Å²) in [5.74, 6) is -0.954. The van der Waals surface area contributed by atoms with Crippen molar-refractivity contribution >= 4 is 17.8 Å². The van der Waals surface area contributed by atoms with Crippen molar-refractivity contribution < 1.29 is 9.59 Å². The summed E-state index contributed by atoms with van der Waals surface area (Å²) in [5.41, 5.74) is 15.9. The molecule has 0 aromatic rings. The number of amides is 2. The predicted molar refractivity (Wildman–Crippen MR) is 110 cm³/mol. The van der Waals surface area contributed by atoms with Crippen LogP contribution in [-0.2, 0) is 9.59 Å². The average molecular weight is 386 g/mol. The number of carbonyl (C=O) groups is 2. The third-order valence-corrected chi connectivity index (χ3v) is 3.99. The van der Waals surface area contributed by atoms with E-state index < -0.39 is 11.8 Å². The van der Waals surface area contributed by atoms with Crippen LogP contribution in [0.3, 0.4) is 0 Å². The van der Waals surface area contributed by atoms with Crippen LogP contribution >= 0.6 is 0 Å². The van der Waals surface area contributed by atoms with E-state index >= 15 is 0 Å². The minimum Gasteiger partial charge on any atom is -0.370 e. The molecule has 0 aliphatic rings. The Morgan fingerprint density at radius 2 is 1.15 bits per heavy atom. The van der Waals surface area contributed by atoms with Crippen molar-refractivity contribution in [2.75, 3.05) is 39.3 Å². The van der Waals surface area contributed by atoms with Gasteiger partial charge in [0.1, 0.15) is 0 Å². The average Bonchev–Trinajstić information content (AvgIpc) is 2.64. The fourth-order valence-corrected chi connectivity index (χ4v) is 2.44. The normalized spacial score (nSPS) is 10.4. The van der Waals surface area contributed by atoms with Gasteiger partial charge in [-0.1, -0.05) is 25.7 Å². The Labute approximate surface area is 163 Å². The minimum atomic E-state index is -0.550. The first kappa shape index (κ1) is 25.1. The number of hydrogen-bond donors (Lipinski definition) is 6. The lowest BCUT2D eigenvalue weighted by Crippen LogP contribution is -2.40. The molecule has 0 fully saturated rings. The molecule has 0 saturated carbocycles. The van der Waals surface area contributed by atoms with E-state index in [1.54, 1.807) is 0 Å². The standard InChI is InChI=1S/C18H39N7O2/c19-10-9-12-22-11-7-8-14-24-17(27)16(26)23-13-5-3-1-2-4-6-15-25-18(20)21/h22H,1-15,19H2,(H,23,26)(H,24,27)(H4,20,21,25). The van der Waals surface area contributed by atoms with Crippen molar-refractivity contribution in [2.24, 2.45) is 22.2 Å². The van der Waals surface area contributed by atoms with Crippen LogP contribution in [0.4, 0.5) is 0 Å². The van der Waals surface area contributed by atoms with E-state index in [1.165, 1.54) is 0 Å². The molecular weight excluding hydrogens is 346 g/mol. The maximum absolute atomic E-state index is 11.7. The molecule has 0 aliphatic heterocycles. The van der Waals surface area contributed by atoms with Gasteiger partial charge in [0, 0.05) is 19.6 Å². The largest absolute Gasteiger partial charge is 0.370 e. The fraction of sp³-hybridized carbons (Fsp3) is 0.833. The highest BCUT2D eigenvalue weighted by Crippen LogP contribution is 2.04. The molecule has 0 saturated heterocycles. The summed E-state index contributed by atoms with van der Waals surface area (Å²) in [6.07, 6.45) is 8.97. The molecule has 0 spiro atoms. The molecule has 27 heavy (non-hydrogen) atoms. The Morgan fingerprint density at radius 1 is 0.667 bits per heavy atom. The Balaban J connectivity index is 3.38. The number of nitrogens with one attached hydrogen (secondary N) is 3. The summed E-state index contributed by atoms with van der Waals surface area (Å²) in [6, 6.07) is 0. The Morgan fingerprint density at radius 3 is 1.74 bits per heavy atom.